The minimum atomic E-state index is -1.09. The number of fused-ring (bicyclic) bond motifs is 2. The first-order valence-electron chi connectivity index (χ1n) is 13.6. The minimum absolute atomic E-state index is 0.0945. The van der Waals surface area contributed by atoms with E-state index in [1.165, 1.54) is 22.0 Å². The number of carbonyl (C=O) groups is 1. The Morgan fingerprint density at radius 2 is 1.82 bits per heavy atom. The molecule has 1 fully saturated rings. The molecule has 1 saturated heterocycles. The number of hydrogen-bond donors (Lipinski definition) is 2. The van der Waals surface area contributed by atoms with Crippen LogP contribution in [0.2, 0.25) is 0 Å². The first-order valence-corrected chi connectivity index (χ1v) is 13.6. The zero-order valence-corrected chi connectivity index (χ0v) is 22.4. The van der Waals surface area contributed by atoms with E-state index in [0.29, 0.717) is 43.4 Å². The molecule has 2 N–H and O–H groups in total. The third-order valence-corrected chi connectivity index (χ3v) is 8.28. The molecule has 39 heavy (non-hydrogen) atoms. The van der Waals surface area contributed by atoms with Gasteiger partial charge in [0.2, 0.25) is 5.91 Å². The Kier molecular flexibility index (Phi) is 6.56. The Hall–Kier alpha value is -3.82. The summed E-state index contributed by atoms with van der Waals surface area (Å²) in [5.74, 6) is 0.227. The Morgan fingerprint density at radius 1 is 1.08 bits per heavy atom. The SMILES string of the molecule is CC(CC(=O)N1CCC(O)(Cn2cnc3c(-c4ccc5c(c4)CNC5)n(C)nc3c2=O)CC1)c1ccccc1. The van der Waals surface area contributed by atoms with Gasteiger partial charge in [-0.25, -0.2) is 4.98 Å². The molecule has 0 aliphatic carbocycles. The first-order chi connectivity index (χ1) is 18.8. The van der Waals surface area contributed by atoms with Crippen LogP contribution in [-0.4, -0.2) is 53.9 Å². The minimum Gasteiger partial charge on any atom is -0.388 e. The van der Waals surface area contributed by atoms with Crippen molar-refractivity contribution in [2.45, 2.75) is 57.3 Å². The number of amides is 1. The van der Waals surface area contributed by atoms with E-state index in [-0.39, 0.29) is 23.9 Å². The van der Waals surface area contributed by atoms with Crippen molar-refractivity contribution < 1.29 is 9.90 Å². The van der Waals surface area contributed by atoms with Crippen molar-refractivity contribution in [1.29, 1.82) is 0 Å². The summed E-state index contributed by atoms with van der Waals surface area (Å²) in [6.07, 6.45) is 2.76. The maximum atomic E-state index is 13.4. The largest absolute Gasteiger partial charge is 0.388 e. The highest BCUT2D eigenvalue weighted by atomic mass is 16.3. The van der Waals surface area contributed by atoms with E-state index in [1.54, 1.807) is 4.68 Å². The molecule has 2 aromatic carbocycles. The van der Waals surface area contributed by atoms with E-state index in [0.717, 1.165) is 29.9 Å². The average Bonchev–Trinajstić information content (AvgIpc) is 3.54. The molecule has 6 rings (SSSR count). The molecule has 9 heteroatoms. The lowest BCUT2D eigenvalue weighted by Gasteiger charge is -2.38. The molecule has 2 aromatic heterocycles. The lowest BCUT2D eigenvalue weighted by Crippen LogP contribution is -2.49. The van der Waals surface area contributed by atoms with Gasteiger partial charge in [0.15, 0.2) is 5.52 Å². The van der Waals surface area contributed by atoms with Crippen molar-refractivity contribution in [3.8, 4) is 11.3 Å². The molecule has 0 bridgehead atoms. The van der Waals surface area contributed by atoms with Crippen molar-refractivity contribution in [2.24, 2.45) is 7.05 Å². The summed E-state index contributed by atoms with van der Waals surface area (Å²) in [6, 6.07) is 16.3. The monoisotopic (exact) mass is 526 g/mol. The number of nitrogens with one attached hydrogen (secondary N) is 1. The second kappa shape index (κ2) is 10.1. The summed E-state index contributed by atoms with van der Waals surface area (Å²) in [4.78, 5) is 32.8. The number of likely N-dealkylation sites (tertiary alicyclic amines) is 1. The Balaban J connectivity index is 1.16. The number of aryl methyl sites for hydroxylation is 1. The number of rotatable bonds is 6. The van der Waals surface area contributed by atoms with Crippen LogP contribution in [-0.2, 0) is 31.5 Å². The van der Waals surface area contributed by atoms with Crippen molar-refractivity contribution in [3.05, 3.63) is 81.9 Å². The highest BCUT2D eigenvalue weighted by Gasteiger charge is 2.35. The van der Waals surface area contributed by atoms with Gasteiger partial charge in [-0.05, 0) is 41.5 Å². The zero-order chi connectivity index (χ0) is 27.1. The summed E-state index contributed by atoms with van der Waals surface area (Å²) in [5.41, 5.74) is 4.95. The predicted octanol–water partition coefficient (Wildman–Crippen LogP) is 2.95. The molecule has 0 saturated carbocycles. The van der Waals surface area contributed by atoms with Crippen LogP contribution >= 0.6 is 0 Å². The van der Waals surface area contributed by atoms with Gasteiger partial charge in [0.25, 0.3) is 5.56 Å². The van der Waals surface area contributed by atoms with E-state index in [4.69, 9.17) is 0 Å². The molecule has 0 radical (unpaired) electrons. The lowest BCUT2D eigenvalue weighted by atomic mass is 9.90. The molecule has 1 atom stereocenters. The summed E-state index contributed by atoms with van der Waals surface area (Å²) >= 11 is 0. The number of aromatic nitrogens is 4. The van der Waals surface area contributed by atoms with Crippen LogP contribution in [0.1, 0.15) is 48.8 Å². The maximum absolute atomic E-state index is 13.4. The predicted molar refractivity (Wildman–Crippen MR) is 149 cm³/mol. The Labute approximate surface area is 227 Å². The van der Waals surface area contributed by atoms with E-state index in [1.807, 2.05) is 48.3 Å². The van der Waals surface area contributed by atoms with Crippen LogP contribution < -0.4 is 10.9 Å². The topological polar surface area (TPSA) is 105 Å². The summed E-state index contributed by atoms with van der Waals surface area (Å²) in [5, 5.41) is 19.2. The number of carbonyl (C=O) groups excluding carboxylic acids is 1. The molecule has 202 valence electrons. The molecule has 0 spiro atoms. The number of nitrogens with zero attached hydrogens (tertiary/aromatic N) is 5. The molecule has 2 aliphatic rings. The number of hydrogen-bond acceptors (Lipinski definition) is 6. The molecule has 4 heterocycles. The van der Waals surface area contributed by atoms with Crippen LogP contribution in [0.5, 0.6) is 0 Å². The van der Waals surface area contributed by atoms with Crippen LogP contribution in [0.4, 0.5) is 0 Å². The van der Waals surface area contributed by atoms with Gasteiger partial charge in [-0.2, -0.15) is 5.10 Å². The smallest absolute Gasteiger partial charge is 0.281 e. The second-order valence-electron chi connectivity index (χ2n) is 11.1. The number of aliphatic hydroxyl groups is 1. The average molecular weight is 527 g/mol. The van der Waals surface area contributed by atoms with Gasteiger partial charge in [0.1, 0.15) is 5.52 Å². The van der Waals surface area contributed by atoms with Crippen molar-refractivity contribution in [2.75, 3.05) is 13.1 Å². The van der Waals surface area contributed by atoms with Crippen molar-refractivity contribution >= 4 is 16.9 Å². The quantitative estimate of drug-likeness (QED) is 0.400. The van der Waals surface area contributed by atoms with E-state index < -0.39 is 5.60 Å². The zero-order valence-electron chi connectivity index (χ0n) is 22.4. The molecule has 1 unspecified atom stereocenters. The summed E-state index contributed by atoms with van der Waals surface area (Å²) in [6.45, 7) is 4.80. The van der Waals surface area contributed by atoms with E-state index in [2.05, 4.69) is 34.5 Å². The van der Waals surface area contributed by atoms with E-state index >= 15 is 0 Å². The van der Waals surface area contributed by atoms with Gasteiger partial charge in [-0.1, -0.05) is 49.4 Å². The van der Waals surface area contributed by atoms with Crippen molar-refractivity contribution in [3.63, 3.8) is 0 Å². The molecular weight excluding hydrogens is 492 g/mol. The summed E-state index contributed by atoms with van der Waals surface area (Å²) in [7, 11) is 1.82. The highest BCUT2D eigenvalue weighted by molar-refractivity contribution is 5.89. The Morgan fingerprint density at radius 3 is 2.59 bits per heavy atom. The fraction of sp³-hybridized carbons (Fsp3) is 0.400. The van der Waals surface area contributed by atoms with Gasteiger partial charge in [-0.15, -0.1) is 0 Å². The van der Waals surface area contributed by atoms with Crippen LogP contribution in [0.15, 0.2) is 59.7 Å². The molecule has 1 amide bonds. The number of benzene rings is 2. The fourth-order valence-electron chi connectivity index (χ4n) is 5.91. The normalized spacial score (nSPS) is 17.4. The molecule has 9 nitrogen and oxygen atoms in total. The van der Waals surface area contributed by atoms with Crippen LogP contribution in [0.25, 0.3) is 22.3 Å². The third kappa shape index (κ3) is 4.88. The summed E-state index contributed by atoms with van der Waals surface area (Å²) < 4.78 is 3.17. The van der Waals surface area contributed by atoms with Gasteiger partial charge in [0, 0.05) is 45.2 Å². The molecular formula is C30H34N6O3. The highest BCUT2D eigenvalue weighted by Crippen LogP contribution is 2.30. The van der Waals surface area contributed by atoms with Crippen LogP contribution in [0, 0.1) is 0 Å². The van der Waals surface area contributed by atoms with E-state index in [9.17, 15) is 14.7 Å². The molecule has 4 aromatic rings. The van der Waals surface area contributed by atoms with Gasteiger partial charge >= 0.3 is 0 Å². The maximum Gasteiger partial charge on any atom is 0.281 e. The van der Waals surface area contributed by atoms with Gasteiger partial charge < -0.3 is 15.3 Å². The van der Waals surface area contributed by atoms with Crippen molar-refractivity contribution in [1.82, 2.24) is 29.5 Å². The Bertz CT molecular complexity index is 1580. The van der Waals surface area contributed by atoms with Crippen LogP contribution in [0.3, 0.4) is 0 Å². The fourth-order valence-corrected chi connectivity index (χ4v) is 5.91. The third-order valence-electron chi connectivity index (χ3n) is 8.28. The lowest BCUT2D eigenvalue weighted by molar-refractivity contribution is -0.136. The molecule has 2 aliphatic heterocycles. The number of piperidine rings is 1. The second-order valence-corrected chi connectivity index (χ2v) is 11.1. The van der Waals surface area contributed by atoms with Gasteiger partial charge in [0.05, 0.1) is 24.2 Å². The van der Waals surface area contributed by atoms with Gasteiger partial charge in [-0.3, -0.25) is 18.8 Å². The first kappa shape index (κ1) is 25.5. The standard InChI is InChI=1S/C30H34N6O3/c1-20(21-6-4-3-5-7-21)14-25(37)35-12-10-30(39,11-13-35)18-36-19-32-26-27(29(36)38)33-34(2)28(26)22-8-9-23-16-31-17-24(23)15-22/h3-9,15,19-20,31,39H,10-14,16-18H2,1-2H3.